The Bertz CT molecular complexity index is 608. The Kier molecular flexibility index (Phi) is 5.20. The van der Waals surface area contributed by atoms with Crippen molar-refractivity contribution in [1.29, 1.82) is 0 Å². The predicted molar refractivity (Wildman–Crippen MR) is 81.8 cm³/mol. The highest BCUT2D eigenvalue weighted by molar-refractivity contribution is 9.10. The molecule has 106 valence electrons. The molecule has 4 nitrogen and oxygen atoms in total. The fourth-order valence-corrected chi connectivity index (χ4v) is 2.26. The largest absolute Gasteiger partial charge is 0.497 e. The summed E-state index contributed by atoms with van der Waals surface area (Å²) in [5.41, 5.74) is 0. The number of hydrogen-bond acceptors (Lipinski definition) is 4. The first-order valence-electron chi connectivity index (χ1n) is 6.17. The Hall–Kier alpha value is -1.33. The summed E-state index contributed by atoms with van der Waals surface area (Å²) >= 11 is 9.41. The molecule has 0 spiro atoms. The minimum absolute atomic E-state index is 0.378. The molecule has 1 heterocycles. The molecule has 0 radical (unpaired) electrons. The van der Waals surface area contributed by atoms with E-state index >= 15 is 0 Å². The van der Waals surface area contributed by atoms with Gasteiger partial charge in [-0.3, -0.25) is 0 Å². The van der Waals surface area contributed by atoms with Gasteiger partial charge in [-0.05, 0) is 40.5 Å². The Balaban J connectivity index is 2.25. The number of methoxy groups -OCH3 is 1. The van der Waals surface area contributed by atoms with Gasteiger partial charge in [0.25, 0.3) is 0 Å². The fraction of sp³-hybridized carbons (Fsp3) is 0.286. The summed E-state index contributed by atoms with van der Waals surface area (Å²) < 4.78 is 11.7. The Labute approximate surface area is 131 Å². The molecule has 0 N–H and O–H groups in total. The van der Waals surface area contributed by atoms with Crippen LogP contribution in [0.2, 0.25) is 5.15 Å². The van der Waals surface area contributed by atoms with Gasteiger partial charge in [0.15, 0.2) is 0 Å². The summed E-state index contributed by atoms with van der Waals surface area (Å²) in [6.07, 6.45) is 1.71. The van der Waals surface area contributed by atoms with Gasteiger partial charge in [-0.1, -0.05) is 18.5 Å². The normalized spacial score (nSPS) is 10.4. The van der Waals surface area contributed by atoms with Gasteiger partial charge >= 0.3 is 0 Å². The van der Waals surface area contributed by atoms with E-state index in [1.807, 2.05) is 12.1 Å². The van der Waals surface area contributed by atoms with Crippen molar-refractivity contribution < 1.29 is 9.47 Å². The van der Waals surface area contributed by atoms with E-state index in [9.17, 15) is 0 Å². The maximum absolute atomic E-state index is 5.98. The number of aryl methyl sites for hydroxylation is 1. The van der Waals surface area contributed by atoms with Crippen molar-refractivity contribution in [2.45, 2.75) is 19.8 Å². The summed E-state index contributed by atoms with van der Waals surface area (Å²) in [4.78, 5) is 8.49. The Morgan fingerprint density at radius 2 is 2.05 bits per heavy atom. The molecule has 1 aromatic heterocycles. The molecule has 0 aliphatic heterocycles. The van der Waals surface area contributed by atoms with Crippen LogP contribution in [0.15, 0.2) is 28.7 Å². The van der Waals surface area contributed by atoms with Gasteiger partial charge in [-0.25, -0.2) is 4.98 Å². The third-order valence-corrected chi connectivity index (χ3v) is 3.36. The second-order valence-corrected chi connectivity index (χ2v) is 5.34. The van der Waals surface area contributed by atoms with Gasteiger partial charge in [0.05, 0.1) is 11.6 Å². The average Bonchev–Trinajstić information content (AvgIpc) is 2.41. The van der Waals surface area contributed by atoms with Crippen LogP contribution in [0.3, 0.4) is 0 Å². The fourth-order valence-electron chi connectivity index (χ4n) is 1.63. The monoisotopic (exact) mass is 356 g/mol. The van der Waals surface area contributed by atoms with Gasteiger partial charge in [0.2, 0.25) is 5.88 Å². The van der Waals surface area contributed by atoms with E-state index in [4.69, 9.17) is 21.1 Å². The maximum Gasteiger partial charge on any atom is 0.224 e. The molecule has 0 saturated heterocycles. The van der Waals surface area contributed by atoms with Gasteiger partial charge in [0.1, 0.15) is 22.5 Å². The van der Waals surface area contributed by atoms with E-state index in [1.165, 1.54) is 0 Å². The minimum Gasteiger partial charge on any atom is -0.497 e. The first kappa shape index (κ1) is 15.1. The summed E-state index contributed by atoms with van der Waals surface area (Å²) in [6, 6.07) is 7.04. The smallest absolute Gasteiger partial charge is 0.224 e. The van der Waals surface area contributed by atoms with Crippen LogP contribution in [-0.4, -0.2) is 17.1 Å². The molecule has 0 fully saturated rings. The SMILES string of the molecule is CCCc1nc(Cl)cc(Oc2ccc(OC)cc2Br)n1. The van der Waals surface area contributed by atoms with Gasteiger partial charge in [-0.2, -0.15) is 4.98 Å². The zero-order valence-corrected chi connectivity index (χ0v) is 13.5. The number of nitrogens with zero attached hydrogens (tertiary/aromatic N) is 2. The van der Waals surface area contributed by atoms with E-state index in [0.717, 1.165) is 23.1 Å². The lowest BCUT2D eigenvalue weighted by Crippen LogP contribution is -1.98. The molecule has 0 aliphatic rings. The van der Waals surface area contributed by atoms with E-state index in [0.29, 0.717) is 22.6 Å². The van der Waals surface area contributed by atoms with Crippen LogP contribution in [0.4, 0.5) is 0 Å². The molecule has 0 bridgehead atoms. The van der Waals surface area contributed by atoms with Gasteiger partial charge in [-0.15, -0.1) is 0 Å². The van der Waals surface area contributed by atoms with Crippen LogP contribution in [0.1, 0.15) is 19.2 Å². The molecule has 20 heavy (non-hydrogen) atoms. The van der Waals surface area contributed by atoms with Crippen LogP contribution in [0.25, 0.3) is 0 Å². The summed E-state index contributed by atoms with van der Waals surface area (Å²) in [5.74, 6) is 2.50. The second-order valence-electron chi connectivity index (χ2n) is 4.09. The van der Waals surface area contributed by atoms with E-state index in [1.54, 1.807) is 19.2 Å². The molecule has 0 unspecified atom stereocenters. The van der Waals surface area contributed by atoms with E-state index in [-0.39, 0.29) is 0 Å². The topological polar surface area (TPSA) is 44.2 Å². The highest BCUT2D eigenvalue weighted by Gasteiger charge is 2.08. The first-order valence-corrected chi connectivity index (χ1v) is 7.34. The zero-order valence-electron chi connectivity index (χ0n) is 11.2. The molecule has 0 aliphatic carbocycles. The lowest BCUT2D eigenvalue weighted by molar-refractivity contribution is 0.411. The van der Waals surface area contributed by atoms with Crippen molar-refractivity contribution in [2.75, 3.05) is 7.11 Å². The quantitative estimate of drug-likeness (QED) is 0.731. The van der Waals surface area contributed by atoms with Gasteiger partial charge in [0, 0.05) is 12.5 Å². The van der Waals surface area contributed by atoms with E-state index in [2.05, 4.69) is 32.8 Å². The van der Waals surface area contributed by atoms with Crippen LogP contribution < -0.4 is 9.47 Å². The molecule has 1 aromatic carbocycles. The lowest BCUT2D eigenvalue weighted by atomic mass is 10.3. The number of rotatable bonds is 5. The van der Waals surface area contributed by atoms with Crippen molar-refractivity contribution in [2.24, 2.45) is 0 Å². The Morgan fingerprint density at radius 3 is 2.70 bits per heavy atom. The van der Waals surface area contributed by atoms with Gasteiger partial charge < -0.3 is 9.47 Å². The third kappa shape index (κ3) is 3.84. The number of benzene rings is 1. The van der Waals surface area contributed by atoms with E-state index < -0.39 is 0 Å². The standard InChI is InChI=1S/C14H14BrClN2O2/c1-3-4-13-17-12(16)8-14(18-13)20-11-6-5-9(19-2)7-10(11)15/h5-8H,3-4H2,1-2H3. The number of halogens is 2. The van der Waals surface area contributed by atoms with Crippen LogP contribution >= 0.6 is 27.5 Å². The van der Waals surface area contributed by atoms with Crippen molar-refractivity contribution >= 4 is 27.5 Å². The molecular weight excluding hydrogens is 344 g/mol. The minimum atomic E-state index is 0.378. The van der Waals surface area contributed by atoms with Crippen molar-refractivity contribution in [3.8, 4) is 17.4 Å². The lowest BCUT2D eigenvalue weighted by Gasteiger charge is -2.09. The predicted octanol–water partition coefficient (Wildman–Crippen LogP) is 4.65. The molecule has 2 aromatic rings. The molecule has 0 amide bonds. The number of hydrogen-bond donors (Lipinski definition) is 0. The van der Waals surface area contributed by atoms with Crippen LogP contribution in [0.5, 0.6) is 17.4 Å². The third-order valence-electron chi connectivity index (χ3n) is 2.54. The van der Waals surface area contributed by atoms with Crippen LogP contribution in [-0.2, 0) is 6.42 Å². The molecule has 0 atom stereocenters. The average molecular weight is 358 g/mol. The van der Waals surface area contributed by atoms with Crippen LogP contribution in [0, 0.1) is 0 Å². The molecular formula is C14H14BrClN2O2. The number of ether oxygens (including phenoxy) is 2. The van der Waals surface area contributed by atoms with Crippen molar-refractivity contribution in [3.05, 3.63) is 39.7 Å². The maximum atomic E-state index is 5.98. The van der Waals surface area contributed by atoms with Crippen molar-refractivity contribution in [3.63, 3.8) is 0 Å². The summed E-state index contributed by atoms with van der Waals surface area (Å²) in [5, 5.41) is 0.378. The summed E-state index contributed by atoms with van der Waals surface area (Å²) in [7, 11) is 1.61. The highest BCUT2D eigenvalue weighted by atomic mass is 79.9. The molecule has 2 rings (SSSR count). The zero-order chi connectivity index (χ0) is 14.5. The molecule has 6 heteroatoms. The Morgan fingerprint density at radius 1 is 1.25 bits per heavy atom. The molecule has 0 saturated carbocycles. The summed E-state index contributed by atoms with van der Waals surface area (Å²) in [6.45, 7) is 2.06. The second kappa shape index (κ2) is 6.90. The first-order chi connectivity index (χ1) is 9.62. The number of aromatic nitrogens is 2. The van der Waals surface area contributed by atoms with Crippen molar-refractivity contribution in [1.82, 2.24) is 9.97 Å². The highest BCUT2D eigenvalue weighted by Crippen LogP contribution is 2.32.